The van der Waals surface area contributed by atoms with Gasteiger partial charge in [-0.15, -0.1) is 0 Å². The summed E-state index contributed by atoms with van der Waals surface area (Å²) >= 11 is 0. The van der Waals surface area contributed by atoms with Gasteiger partial charge in [-0.25, -0.2) is 4.79 Å². The SMILES string of the molecule is O=C(O)N(CC1CC=CCC1)CC1CC=CCC1. The van der Waals surface area contributed by atoms with Gasteiger partial charge in [-0.1, -0.05) is 24.3 Å². The van der Waals surface area contributed by atoms with Crippen molar-refractivity contribution < 1.29 is 9.90 Å². The zero-order valence-corrected chi connectivity index (χ0v) is 10.9. The van der Waals surface area contributed by atoms with Crippen LogP contribution < -0.4 is 0 Å². The smallest absolute Gasteiger partial charge is 0.407 e. The largest absolute Gasteiger partial charge is 0.465 e. The molecule has 0 bridgehead atoms. The second-order valence-electron chi connectivity index (χ2n) is 5.49. The first-order valence-electron chi connectivity index (χ1n) is 7.03. The predicted molar refractivity (Wildman–Crippen MR) is 72.6 cm³/mol. The summed E-state index contributed by atoms with van der Waals surface area (Å²) in [5.74, 6) is 1.04. The molecule has 0 aromatic carbocycles. The Kier molecular flexibility index (Phi) is 4.85. The minimum Gasteiger partial charge on any atom is -0.465 e. The first kappa shape index (κ1) is 13.2. The summed E-state index contributed by atoms with van der Waals surface area (Å²) in [6.07, 6.45) is 14.6. The van der Waals surface area contributed by atoms with Crippen molar-refractivity contribution in [2.45, 2.75) is 38.5 Å². The van der Waals surface area contributed by atoms with E-state index in [0.29, 0.717) is 24.9 Å². The topological polar surface area (TPSA) is 40.5 Å². The molecule has 0 aromatic rings. The lowest BCUT2D eigenvalue weighted by molar-refractivity contribution is 0.124. The van der Waals surface area contributed by atoms with Crippen LogP contribution >= 0.6 is 0 Å². The Morgan fingerprint density at radius 3 is 1.83 bits per heavy atom. The van der Waals surface area contributed by atoms with Crippen LogP contribution in [0.4, 0.5) is 4.79 Å². The van der Waals surface area contributed by atoms with Crippen LogP contribution in [-0.4, -0.2) is 29.2 Å². The molecule has 0 fully saturated rings. The molecule has 0 saturated carbocycles. The van der Waals surface area contributed by atoms with Gasteiger partial charge in [-0.3, -0.25) is 0 Å². The highest BCUT2D eigenvalue weighted by Gasteiger charge is 2.22. The fourth-order valence-electron chi connectivity index (χ4n) is 2.90. The molecule has 2 atom stereocenters. The van der Waals surface area contributed by atoms with Crippen LogP contribution in [0.1, 0.15) is 38.5 Å². The molecule has 2 aliphatic carbocycles. The molecule has 2 unspecified atom stereocenters. The number of hydrogen-bond donors (Lipinski definition) is 1. The van der Waals surface area contributed by atoms with Crippen LogP contribution in [0.15, 0.2) is 24.3 Å². The Morgan fingerprint density at radius 1 is 1.00 bits per heavy atom. The van der Waals surface area contributed by atoms with E-state index in [9.17, 15) is 9.90 Å². The van der Waals surface area contributed by atoms with Crippen LogP contribution in [-0.2, 0) is 0 Å². The van der Waals surface area contributed by atoms with E-state index in [1.54, 1.807) is 4.90 Å². The van der Waals surface area contributed by atoms with Gasteiger partial charge in [-0.2, -0.15) is 0 Å². The first-order valence-corrected chi connectivity index (χ1v) is 7.03. The second-order valence-corrected chi connectivity index (χ2v) is 5.49. The summed E-state index contributed by atoms with van der Waals surface area (Å²) in [6, 6.07) is 0. The summed E-state index contributed by atoms with van der Waals surface area (Å²) < 4.78 is 0. The van der Waals surface area contributed by atoms with Crippen LogP contribution in [0.2, 0.25) is 0 Å². The Hall–Kier alpha value is -1.25. The molecule has 100 valence electrons. The van der Waals surface area contributed by atoms with E-state index in [-0.39, 0.29) is 0 Å². The molecule has 3 heteroatoms. The van der Waals surface area contributed by atoms with Crippen molar-refractivity contribution in [3.8, 4) is 0 Å². The van der Waals surface area contributed by atoms with Crippen LogP contribution in [0, 0.1) is 11.8 Å². The second kappa shape index (κ2) is 6.62. The fraction of sp³-hybridized carbons (Fsp3) is 0.667. The van der Waals surface area contributed by atoms with Crippen LogP contribution in [0.3, 0.4) is 0 Å². The Bertz CT molecular complexity index is 309. The van der Waals surface area contributed by atoms with Gasteiger partial charge in [0.2, 0.25) is 0 Å². The average molecular weight is 249 g/mol. The van der Waals surface area contributed by atoms with Crippen LogP contribution in [0.25, 0.3) is 0 Å². The van der Waals surface area contributed by atoms with Gasteiger partial charge in [0.25, 0.3) is 0 Å². The molecular formula is C15H23NO2. The van der Waals surface area contributed by atoms with Gasteiger partial charge in [0.05, 0.1) is 0 Å². The predicted octanol–water partition coefficient (Wildman–Crippen LogP) is 3.68. The van der Waals surface area contributed by atoms with Gasteiger partial charge < -0.3 is 10.0 Å². The summed E-state index contributed by atoms with van der Waals surface area (Å²) in [5, 5.41) is 9.32. The normalized spacial score (nSPS) is 27.1. The molecule has 0 aliphatic heterocycles. The van der Waals surface area contributed by atoms with E-state index in [4.69, 9.17) is 0 Å². The van der Waals surface area contributed by atoms with Gasteiger partial charge >= 0.3 is 6.09 Å². The first-order chi connectivity index (χ1) is 8.75. The lowest BCUT2D eigenvalue weighted by atomic mass is 9.91. The molecule has 3 nitrogen and oxygen atoms in total. The summed E-state index contributed by atoms with van der Waals surface area (Å²) in [4.78, 5) is 13.0. The maximum absolute atomic E-state index is 11.3. The molecule has 0 spiro atoms. The van der Waals surface area contributed by atoms with Crippen molar-refractivity contribution in [3.63, 3.8) is 0 Å². The third kappa shape index (κ3) is 3.90. The number of rotatable bonds is 4. The van der Waals surface area contributed by atoms with Crippen molar-refractivity contribution in [2.75, 3.05) is 13.1 Å². The molecule has 1 N–H and O–H groups in total. The number of allylic oxidation sites excluding steroid dienone is 4. The minimum absolute atomic E-state index is 0.519. The lowest BCUT2D eigenvalue weighted by Gasteiger charge is -2.29. The van der Waals surface area contributed by atoms with E-state index < -0.39 is 6.09 Å². The molecular weight excluding hydrogens is 226 g/mol. The van der Waals surface area contributed by atoms with E-state index in [1.807, 2.05) is 0 Å². The highest BCUT2D eigenvalue weighted by Crippen LogP contribution is 2.23. The fourth-order valence-corrected chi connectivity index (χ4v) is 2.90. The van der Waals surface area contributed by atoms with Gasteiger partial charge in [0.1, 0.15) is 0 Å². The average Bonchev–Trinajstić information content (AvgIpc) is 2.40. The summed E-state index contributed by atoms with van der Waals surface area (Å²) in [7, 11) is 0. The summed E-state index contributed by atoms with van der Waals surface area (Å²) in [6.45, 7) is 1.42. The van der Waals surface area contributed by atoms with Gasteiger partial charge in [-0.05, 0) is 50.4 Å². The quantitative estimate of drug-likeness (QED) is 0.772. The number of nitrogens with zero attached hydrogens (tertiary/aromatic N) is 1. The van der Waals surface area contributed by atoms with Crippen molar-refractivity contribution in [1.82, 2.24) is 4.90 Å². The van der Waals surface area contributed by atoms with Crippen molar-refractivity contribution in [1.29, 1.82) is 0 Å². The molecule has 18 heavy (non-hydrogen) atoms. The maximum atomic E-state index is 11.3. The van der Waals surface area contributed by atoms with E-state index in [1.165, 1.54) is 0 Å². The van der Waals surface area contributed by atoms with E-state index >= 15 is 0 Å². The molecule has 1 amide bonds. The maximum Gasteiger partial charge on any atom is 0.407 e. The number of hydrogen-bond acceptors (Lipinski definition) is 1. The highest BCUT2D eigenvalue weighted by molar-refractivity contribution is 5.64. The van der Waals surface area contributed by atoms with Gasteiger partial charge in [0.15, 0.2) is 0 Å². The standard InChI is InChI=1S/C15H23NO2/c17-15(18)16(11-13-7-3-1-4-8-13)12-14-9-5-2-6-10-14/h1-3,5,13-14H,4,6-12H2,(H,17,18). The third-order valence-corrected chi connectivity index (χ3v) is 3.98. The third-order valence-electron chi connectivity index (χ3n) is 3.98. The van der Waals surface area contributed by atoms with Crippen molar-refractivity contribution in [3.05, 3.63) is 24.3 Å². The number of amides is 1. The molecule has 0 heterocycles. The molecule has 2 rings (SSSR count). The molecule has 0 radical (unpaired) electrons. The van der Waals surface area contributed by atoms with Gasteiger partial charge in [0, 0.05) is 13.1 Å². The van der Waals surface area contributed by atoms with Crippen molar-refractivity contribution in [2.24, 2.45) is 11.8 Å². The monoisotopic (exact) mass is 249 g/mol. The lowest BCUT2D eigenvalue weighted by Crippen LogP contribution is -2.38. The van der Waals surface area contributed by atoms with Crippen LogP contribution in [0.5, 0.6) is 0 Å². The van der Waals surface area contributed by atoms with E-state index in [0.717, 1.165) is 38.5 Å². The Morgan fingerprint density at radius 2 is 1.50 bits per heavy atom. The minimum atomic E-state index is -0.751. The summed E-state index contributed by atoms with van der Waals surface area (Å²) in [5.41, 5.74) is 0. The Balaban J connectivity index is 1.85. The zero-order valence-electron chi connectivity index (χ0n) is 10.9. The molecule has 0 saturated heterocycles. The zero-order chi connectivity index (χ0) is 12.8. The number of carbonyl (C=O) groups is 1. The van der Waals surface area contributed by atoms with Crippen molar-refractivity contribution >= 4 is 6.09 Å². The number of carboxylic acid groups (broad SMARTS) is 1. The van der Waals surface area contributed by atoms with E-state index in [2.05, 4.69) is 24.3 Å². The molecule has 2 aliphatic rings. The highest BCUT2D eigenvalue weighted by atomic mass is 16.4. The Labute approximate surface area is 109 Å². The molecule has 0 aromatic heterocycles.